The first-order valence-electron chi connectivity index (χ1n) is 11.1. The number of rotatable bonds is 5. The molecule has 6 rings (SSSR count). The number of H-pyrrole nitrogens is 1. The normalized spacial score (nSPS) is 16.3. The lowest BCUT2D eigenvalue weighted by atomic mass is 10.1. The molecule has 34 heavy (non-hydrogen) atoms. The van der Waals surface area contributed by atoms with E-state index in [0.29, 0.717) is 36.7 Å². The second-order valence-electron chi connectivity index (χ2n) is 8.23. The number of nitrogens with one attached hydrogen (secondary N) is 2. The lowest BCUT2D eigenvalue weighted by molar-refractivity contribution is 0.0397. The minimum Gasteiger partial charge on any atom is -0.370 e. The van der Waals surface area contributed by atoms with Crippen molar-refractivity contribution in [3.05, 3.63) is 84.3 Å². The molecule has 4 heterocycles. The van der Waals surface area contributed by atoms with Crippen LogP contribution in [0.1, 0.15) is 17.2 Å². The van der Waals surface area contributed by atoms with E-state index < -0.39 is 0 Å². The van der Waals surface area contributed by atoms with Crippen LogP contribution >= 0.6 is 0 Å². The molecular weight excluding hydrogens is 433 g/mol. The Hall–Kier alpha value is -4.11. The number of imidazole rings is 1. The van der Waals surface area contributed by atoms with Gasteiger partial charge < -0.3 is 19.9 Å². The largest absolute Gasteiger partial charge is 0.370 e. The highest BCUT2D eigenvalue weighted by molar-refractivity contribution is 5.91. The molecule has 1 atom stereocenters. The van der Waals surface area contributed by atoms with Crippen LogP contribution in [0.15, 0.2) is 67.4 Å². The van der Waals surface area contributed by atoms with Gasteiger partial charge in [-0.2, -0.15) is 0 Å². The predicted molar refractivity (Wildman–Crippen MR) is 128 cm³/mol. The van der Waals surface area contributed by atoms with Gasteiger partial charge in [0, 0.05) is 31.2 Å². The van der Waals surface area contributed by atoms with Gasteiger partial charge in [-0.15, -0.1) is 0 Å². The van der Waals surface area contributed by atoms with E-state index >= 15 is 0 Å². The van der Waals surface area contributed by atoms with Gasteiger partial charge in [-0.3, -0.25) is 4.98 Å². The monoisotopic (exact) mass is 455 g/mol. The van der Waals surface area contributed by atoms with Gasteiger partial charge in [-0.05, 0) is 35.4 Å². The average molecular weight is 455 g/mol. The van der Waals surface area contributed by atoms with E-state index in [1.165, 1.54) is 12.4 Å². The van der Waals surface area contributed by atoms with Crippen LogP contribution in [0.2, 0.25) is 0 Å². The second kappa shape index (κ2) is 8.68. The fourth-order valence-electron chi connectivity index (χ4n) is 4.40. The van der Waals surface area contributed by atoms with Crippen molar-refractivity contribution in [1.29, 1.82) is 0 Å². The van der Waals surface area contributed by atoms with Crippen molar-refractivity contribution in [1.82, 2.24) is 24.9 Å². The van der Waals surface area contributed by atoms with E-state index in [1.807, 2.05) is 18.3 Å². The second-order valence-corrected chi connectivity index (χ2v) is 8.23. The van der Waals surface area contributed by atoms with Crippen LogP contribution in [0.3, 0.4) is 0 Å². The van der Waals surface area contributed by atoms with E-state index in [1.54, 1.807) is 18.5 Å². The Morgan fingerprint density at radius 2 is 2.00 bits per heavy atom. The molecule has 2 N–H and O–H groups in total. The smallest absolute Gasteiger partial charge is 0.162 e. The first-order chi connectivity index (χ1) is 16.7. The Balaban J connectivity index is 1.23. The molecule has 1 fully saturated rings. The molecule has 0 radical (unpaired) electrons. The summed E-state index contributed by atoms with van der Waals surface area (Å²) < 4.78 is 19.7. The van der Waals surface area contributed by atoms with Crippen LogP contribution in [-0.4, -0.2) is 44.6 Å². The van der Waals surface area contributed by atoms with Gasteiger partial charge in [0.1, 0.15) is 23.8 Å². The molecular formula is C25H22FN7O. The Labute approximate surface area is 194 Å². The Kier molecular flexibility index (Phi) is 5.23. The zero-order valence-electron chi connectivity index (χ0n) is 18.3. The van der Waals surface area contributed by atoms with Crippen molar-refractivity contribution in [2.45, 2.75) is 12.6 Å². The van der Waals surface area contributed by atoms with Gasteiger partial charge >= 0.3 is 0 Å². The number of para-hydroxylation sites is 1. The number of ether oxygens (including phenoxy) is 1. The minimum absolute atomic E-state index is 0.185. The zero-order valence-corrected chi connectivity index (χ0v) is 18.3. The summed E-state index contributed by atoms with van der Waals surface area (Å²) in [5.74, 6) is 0.429. The van der Waals surface area contributed by atoms with Gasteiger partial charge in [-0.1, -0.05) is 24.3 Å². The molecule has 0 bridgehead atoms. The van der Waals surface area contributed by atoms with E-state index in [4.69, 9.17) is 9.72 Å². The number of halogens is 1. The number of anilines is 2. The van der Waals surface area contributed by atoms with Crippen molar-refractivity contribution in [2.24, 2.45) is 0 Å². The molecule has 1 saturated heterocycles. The van der Waals surface area contributed by atoms with Gasteiger partial charge in [0.05, 0.1) is 24.1 Å². The van der Waals surface area contributed by atoms with Gasteiger partial charge in [0.25, 0.3) is 0 Å². The zero-order chi connectivity index (χ0) is 22.9. The molecule has 8 nitrogen and oxygen atoms in total. The molecule has 3 aromatic heterocycles. The number of aromatic nitrogens is 5. The number of nitrogens with zero attached hydrogens (tertiary/aromatic N) is 5. The number of pyridine rings is 1. The molecule has 5 aromatic rings. The van der Waals surface area contributed by atoms with Crippen LogP contribution in [0.5, 0.6) is 0 Å². The average Bonchev–Trinajstić information content (AvgIpc) is 3.37. The van der Waals surface area contributed by atoms with Crippen LogP contribution in [0.25, 0.3) is 22.1 Å². The first-order valence-corrected chi connectivity index (χ1v) is 11.1. The van der Waals surface area contributed by atoms with Crippen LogP contribution in [0, 0.1) is 5.82 Å². The highest BCUT2D eigenvalue weighted by atomic mass is 19.1. The van der Waals surface area contributed by atoms with E-state index in [-0.39, 0.29) is 11.9 Å². The Bertz CT molecular complexity index is 1470. The number of hydrogen-bond donors (Lipinski definition) is 2. The van der Waals surface area contributed by atoms with Crippen molar-refractivity contribution in [3.8, 4) is 0 Å². The Morgan fingerprint density at radius 1 is 1.06 bits per heavy atom. The van der Waals surface area contributed by atoms with Crippen LogP contribution in [0.4, 0.5) is 15.9 Å². The van der Waals surface area contributed by atoms with Crippen LogP contribution < -0.4 is 10.2 Å². The van der Waals surface area contributed by atoms with Gasteiger partial charge in [0.15, 0.2) is 11.5 Å². The molecule has 9 heteroatoms. The predicted octanol–water partition coefficient (Wildman–Crippen LogP) is 4.23. The van der Waals surface area contributed by atoms with Crippen LogP contribution in [-0.2, 0) is 11.3 Å². The quantitative estimate of drug-likeness (QED) is 0.410. The summed E-state index contributed by atoms with van der Waals surface area (Å²) in [6.45, 7) is 2.52. The standard InChI is InChI=1S/C25H22FN7O/c26-19-5-1-3-17(10-19)21-13-33(7-8-34-21)20-6-2-4-18-9-16(11-27-22(18)20)12-28-24-23-25(30-14-29-23)32-15-31-24/h1-6,9-11,14-15,21H,7-8,12-13H2,(H2,28,29,30,31,32). The van der Waals surface area contributed by atoms with Crippen molar-refractivity contribution in [3.63, 3.8) is 0 Å². The summed E-state index contributed by atoms with van der Waals surface area (Å²) in [5, 5.41) is 4.38. The molecule has 0 saturated carbocycles. The first kappa shape index (κ1) is 20.5. The molecule has 2 aromatic carbocycles. The highest BCUT2D eigenvalue weighted by Gasteiger charge is 2.24. The van der Waals surface area contributed by atoms with E-state index in [2.05, 4.69) is 48.4 Å². The van der Waals surface area contributed by atoms with Gasteiger partial charge in [-0.25, -0.2) is 19.3 Å². The van der Waals surface area contributed by atoms with Gasteiger partial charge in [0.2, 0.25) is 0 Å². The summed E-state index contributed by atoms with van der Waals surface area (Å²) >= 11 is 0. The number of aromatic amines is 1. The number of benzene rings is 2. The number of hydrogen-bond acceptors (Lipinski definition) is 7. The lowest BCUT2D eigenvalue weighted by Gasteiger charge is -2.35. The van der Waals surface area contributed by atoms with E-state index in [0.717, 1.165) is 34.3 Å². The molecule has 0 aliphatic carbocycles. The maximum Gasteiger partial charge on any atom is 0.162 e. The summed E-state index contributed by atoms with van der Waals surface area (Å²) in [7, 11) is 0. The molecule has 1 aliphatic heterocycles. The molecule has 170 valence electrons. The Morgan fingerprint density at radius 3 is 2.94 bits per heavy atom. The summed E-state index contributed by atoms with van der Waals surface area (Å²) in [6, 6.07) is 14.9. The summed E-state index contributed by atoms with van der Waals surface area (Å²) in [4.78, 5) is 22.8. The fraction of sp³-hybridized carbons (Fsp3) is 0.200. The highest BCUT2D eigenvalue weighted by Crippen LogP contribution is 2.31. The third kappa shape index (κ3) is 3.90. The SMILES string of the molecule is Fc1cccc(C2CN(c3cccc4cc(CNc5ncnc6[nH]cnc56)cnc34)CCO2)c1. The topological polar surface area (TPSA) is 91.8 Å². The van der Waals surface area contributed by atoms with E-state index in [9.17, 15) is 4.39 Å². The number of morpholine rings is 1. The number of fused-ring (bicyclic) bond motifs is 2. The summed E-state index contributed by atoms with van der Waals surface area (Å²) in [6.07, 6.45) is 4.81. The minimum atomic E-state index is -0.249. The molecule has 1 aliphatic rings. The van der Waals surface area contributed by atoms with Crippen molar-refractivity contribution >= 4 is 33.6 Å². The molecule has 1 unspecified atom stereocenters. The third-order valence-electron chi connectivity index (χ3n) is 6.05. The maximum absolute atomic E-state index is 13.7. The maximum atomic E-state index is 13.7. The molecule has 0 spiro atoms. The summed E-state index contributed by atoms with van der Waals surface area (Å²) in [5.41, 5.74) is 5.27. The third-order valence-corrected chi connectivity index (χ3v) is 6.05. The fourth-order valence-corrected chi connectivity index (χ4v) is 4.40. The lowest BCUT2D eigenvalue weighted by Crippen LogP contribution is -2.38. The van der Waals surface area contributed by atoms with Crippen molar-refractivity contribution in [2.75, 3.05) is 29.9 Å². The molecule has 0 amide bonds. The van der Waals surface area contributed by atoms with Crippen molar-refractivity contribution < 1.29 is 9.13 Å².